The normalized spacial score (nSPS) is 25.1. The minimum absolute atomic E-state index is 0.0566. The van der Waals surface area contributed by atoms with Crippen LogP contribution in [0, 0.1) is 17.6 Å². The van der Waals surface area contributed by atoms with Crippen molar-refractivity contribution in [3.05, 3.63) is 53.0 Å². The summed E-state index contributed by atoms with van der Waals surface area (Å²) in [5.74, 6) is -2.61. The van der Waals surface area contributed by atoms with Crippen molar-refractivity contribution in [2.75, 3.05) is 26.1 Å². The number of aliphatic imine (C=N–C) groups is 1. The number of alkyl halides is 1. The summed E-state index contributed by atoms with van der Waals surface area (Å²) in [4.78, 5) is 24.9. The lowest BCUT2D eigenvalue weighted by atomic mass is 9.78. The van der Waals surface area contributed by atoms with Crippen LogP contribution in [0.3, 0.4) is 0 Å². The number of nitrogens with two attached hydrogens (primary N) is 1. The third-order valence-electron chi connectivity index (χ3n) is 5.49. The number of methoxy groups -OCH3 is 1. The highest BCUT2D eigenvalue weighted by Gasteiger charge is 2.54. The van der Waals surface area contributed by atoms with E-state index in [-0.39, 0.29) is 40.9 Å². The van der Waals surface area contributed by atoms with Crippen LogP contribution in [0.5, 0.6) is 5.88 Å². The molecule has 1 aromatic carbocycles. The largest absolute Gasteiger partial charge is 0.480 e. The summed E-state index contributed by atoms with van der Waals surface area (Å²) in [6.45, 7) is -0.911. The number of Topliss-reactive ketones (excluding diaryl/α,β-unsaturated/α-hetero) is 1. The van der Waals surface area contributed by atoms with E-state index in [0.717, 1.165) is 6.07 Å². The number of hydrogen-bond donors (Lipinski definition) is 1. The second kappa shape index (κ2) is 8.46. The fourth-order valence-corrected chi connectivity index (χ4v) is 4.99. The molecule has 7 nitrogen and oxygen atoms in total. The lowest BCUT2D eigenvalue weighted by molar-refractivity contribution is 0.0720. The molecule has 0 spiro atoms. The van der Waals surface area contributed by atoms with E-state index < -0.39 is 41.7 Å². The van der Waals surface area contributed by atoms with Crippen LogP contribution in [0.1, 0.15) is 21.6 Å². The van der Waals surface area contributed by atoms with Gasteiger partial charge in [0, 0.05) is 23.7 Å². The van der Waals surface area contributed by atoms with Crippen molar-refractivity contribution >= 4 is 22.7 Å². The molecule has 2 aliphatic rings. The van der Waals surface area contributed by atoms with Crippen LogP contribution in [0.4, 0.5) is 13.2 Å². The van der Waals surface area contributed by atoms with Gasteiger partial charge in [-0.15, -0.1) is 0 Å². The molecule has 0 bridgehead atoms. The van der Waals surface area contributed by atoms with E-state index in [4.69, 9.17) is 15.2 Å². The molecule has 31 heavy (non-hydrogen) atoms. The van der Waals surface area contributed by atoms with Gasteiger partial charge in [-0.1, -0.05) is 11.8 Å². The van der Waals surface area contributed by atoms with Crippen LogP contribution in [0.15, 0.2) is 29.5 Å². The Bertz CT molecular complexity index is 1040. The number of rotatable bonds is 6. The molecule has 1 unspecified atom stereocenters. The smallest absolute Gasteiger partial charge is 0.232 e. The van der Waals surface area contributed by atoms with Crippen LogP contribution in [0.25, 0.3) is 0 Å². The van der Waals surface area contributed by atoms with E-state index in [9.17, 15) is 18.0 Å². The number of carbonyl (C=O) groups excluding carboxylic acids is 1. The number of nitrogens with zero attached hydrogens (tertiary/aromatic N) is 3. The summed E-state index contributed by atoms with van der Waals surface area (Å²) < 4.78 is 53.4. The Morgan fingerprint density at radius 1 is 1.35 bits per heavy atom. The molecule has 3 atom stereocenters. The molecule has 11 heteroatoms. The fourth-order valence-electron chi connectivity index (χ4n) is 3.92. The second-order valence-electron chi connectivity index (χ2n) is 7.28. The van der Waals surface area contributed by atoms with Gasteiger partial charge in [0.2, 0.25) is 5.88 Å². The number of carbonyl (C=O) groups is 1. The summed E-state index contributed by atoms with van der Waals surface area (Å²) in [6.07, 6.45) is 1.49. The number of fused-ring (bicyclic) bond motifs is 1. The van der Waals surface area contributed by atoms with E-state index >= 15 is 0 Å². The SMILES string of the molecule is COc1cnc(C(=O)Cc2cc(F)c(F)c(C34CO[C@H](CF)[C@H]3CSC(N)=N4)c2)cn1. The summed E-state index contributed by atoms with van der Waals surface area (Å²) in [6, 6.07) is 2.32. The topological polar surface area (TPSA) is 99.7 Å². The Labute approximate surface area is 180 Å². The molecule has 0 aliphatic carbocycles. The molecule has 1 aromatic heterocycles. The van der Waals surface area contributed by atoms with Crippen LogP contribution in [-0.4, -0.2) is 53.2 Å². The lowest BCUT2D eigenvalue weighted by Crippen LogP contribution is -2.43. The van der Waals surface area contributed by atoms with Crippen molar-refractivity contribution in [3.63, 3.8) is 0 Å². The third-order valence-corrected chi connectivity index (χ3v) is 6.41. The van der Waals surface area contributed by atoms with Crippen molar-refractivity contribution in [3.8, 4) is 5.88 Å². The van der Waals surface area contributed by atoms with Crippen LogP contribution in [-0.2, 0) is 16.7 Å². The highest BCUT2D eigenvalue weighted by atomic mass is 32.2. The minimum atomic E-state index is -1.35. The first-order valence-electron chi connectivity index (χ1n) is 9.41. The number of benzene rings is 1. The maximum absolute atomic E-state index is 14.9. The van der Waals surface area contributed by atoms with Gasteiger partial charge in [-0.3, -0.25) is 4.79 Å². The first-order valence-corrected chi connectivity index (χ1v) is 10.4. The van der Waals surface area contributed by atoms with Crippen molar-refractivity contribution < 1.29 is 27.4 Å². The predicted molar refractivity (Wildman–Crippen MR) is 108 cm³/mol. The van der Waals surface area contributed by atoms with Gasteiger partial charge in [-0.2, -0.15) is 0 Å². The molecule has 0 saturated carbocycles. The highest BCUT2D eigenvalue weighted by Crippen LogP contribution is 2.48. The van der Waals surface area contributed by atoms with Gasteiger partial charge in [-0.05, 0) is 17.7 Å². The number of amidine groups is 1. The van der Waals surface area contributed by atoms with Gasteiger partial charge < -0.3 is 15.2 Å². The van der Waals surface area contributed by atoms with Gasteiger partial charge >= 0.3 is 0 Å². The molecule has 2 aromatic rings. The standard InChI is InChI=1S/C20H19F3N4O3S/c1-29-17-7-25-14(6-26-17)15(28)4-10-2-11(18(23)13(22)3-10)20-9-30-16(5-21)12(20)8-31-19(24)27-20/h2-3,6-7,12,16H,4-5,8-9H2,1H3,(H2,24,27)/t12-,16-,20?/m1/s1. The molecule has 164 valence electrons. The Hall–Kier alpha value is -2.66. The number of hydrogen-bond acceptors (Lipinski definition) is 8. The molecule has 2 aliphatic heterocycles. The van der Waals surface area contributed by atoms with Crippen molar-refractivity contribution in [2.24, 2.45) is 16.6 Å². The maximum atomic E-state index is 14.9. The number of thioether (sulfide) groups is 1. The van der Waals surface area contributed by atoms with Crippen LogP contribution >= 0.6 is 11.8 Å². The molecule has 0 amide bonds. The summed E-state index contributed by atoms with van der Waals surface area (Å²) in [5, 5.41) is 0.189. The summed E-state index contributed by atoms with van der Waals surface area (Å²) in [7, 11) is 1.42. The van der Waals surface area contributed by atoms with Crippen LogP contribution in [0.2, 0.25) is 0 Å². The van der Waals surface area contributed by atoms with E-state index in [1.54, 1.807) is 0 Å². The monoisotopic (exact) mass is 452 g/mol. The van der Waals surface area contributed by atoms with Crippen LogP contribution < -0.4 is 10.5 Å². The fraction of sp³-hybridized carbons (Fsp3) is 0.400. The molecule has 4 rings (SSSR count). The Morgan fingerprint density at radius 2 is 2.16 bits per heavy atom. The first-order chi connectivity index (χ1) is 14.9. The zero-order valence-corrected chi connectivity index (χ0v) is 17.3. The van der Waals surface area contributed by atoms with E-state index in [1.165, 1.54) is 37.3 Å². The molecule has 2 N–H and O–H groups in total. The highest BCUT2D eigenvalue weighted by molar-refractivity contribution is 8.13. The van der Waals surface area contributed by atoms with E-state index in [0.29, 0.717) is 5.75 Å². The maximum Gasteiger partial charge on any atom is 0.232 e. The van der Waals surface area contributed by atoms with Crippen molar-refractivity contribution in [1.82, 2.24) is 9.97 Å². The number of ether oxygens (including phenoxy) is 2. The average molecular weight is 452 g/mol. The predicted octanol–water partition coefficient (Wildman–Crippen LogP) is 2.43. The number of ketones is 1. The zero-order chi connectivity index (χ0) is 22.2. The minimum Gasteiger partial charge on any atom is -0.480 e. The summed E-state index contributed by atoms with van der Waals surface area (Å²) in [5.41, 5.74) is 4.71. The van der Waals surface area contributed by atoms with Gasteiger partial charge in [0.05, 0.1) is 32.2 Å². The third kappa shape index (κ3) is 3.87. The van der Waals surface area contributed by atoms with E-state index in [1.807, 2.05) is 0 Å². The average Bonchev–Trinajstić information content (AvgIpc) is 3.14. The quantitative estimate of drug-likeness (QED) is 0.672. The van der Waals surface area contributed by atoms with Crippen molar-refractivity contribution in [2.45, 2.75) is 18.1 Å². The first kappa shape index (κ1) is 21.6. The summed E-state index contributed by atoms with van der Waals surface area (Å²) >= 11 is 1.22. The Morgan fingerprint density at radius 3 is 2.84 bits per heavy atom. The van der Waals surface area contributed by atoms with E-state index in [2.05, 4.69) is 15.0 Å². The zero-order valence-electron chi connectivity index (χ0n) is 16.5. The molecular formula is C20H19F3N4O3S. The Balaban J connectivity index is 1.71. The number of halogens is 3. The molecule has 1 saturated heterocycles. The lowest BCUT2D eigenvalue weighted by Gasteiger charge is -2.35. The second-order valence-corrected chi connectivity index (χ2v) is 8.32. The number of aromatic nitrogens is 2. The van der Waals surface area contributed by atoms with Crippen molar-refractivity contribution in [1.29, 1.82) is 0 Å². The van der Waals surface area contributed by atoms with Gasteiger partial charge in [-0.25, -0.2) is 28.1 Å². The van der Waals surface area contributed by atoms with Gasteiger partial charge in [0.1, 0.15) is 17.9 Å². The van der Waals surface area contributed by atoms with Gasteiger partial charge in [0.25, 0.3) is 0 Å². The molecule has 3 heterocycles. The van der Waals surface area contributed by atoms with Gasteiger partial charge in [0.15, 0.2) is 22.6 Å². The molecule has 0 radical (unpaired) electrons. The molecular weight excluding hydrogens is 433 g/mol. The Kier molecular flexibility index (Phi) is 5.89. The molecule has 1 fully saturated rings.